The Morgan fingerprint density at radius 3 is 1.25 bits per heavy atom. The molecule has 0 saturated heterocycles. The molecule has 1 rings (SSSR count). The maximum absolute atomic E-state index is 14.2. The van der Waals surface area contributed by atoms with Crippen molar-refractivity contribution < 1.29 is 77.3 Å². The average molecular weight is 1260 g/mol. The van der Waals surface area contributed by atoms with E-state index in [1.807, 2.05) is 6.92 Å². The molecule has 12 amide bonds. The van der Waals surface area contributed by atoms with E-state index in [0.717, 1.165) is 0 Å². The van der Waals surface area contributed by atoms with Crippen LogP contribution in [0.1, 0.15) is 124 Å². The van der Waals surface area contributed by atoms with Crippen molar-refractivity contribution in [1.82, 2.24) is 53.2 Å². The third-order valence-corrected chi connectivity index (χ3v) is 14.0. The van der Waals surface area contributed by atoms with Gasteiger partial charge in [-0.05, 0) is 87.8 Å². The molecule has 0 fully saturated rings. The minimum absolute atomic E-state index is 0.0402. The molecule has 88 heavy (non-hydrogen) atoms. The number of benzene rings is 1. The lowest BCUT2D eigenvalue weighted by atomic mass is 9.98. The van der Waals surface area contributed by atoms with E-state index in [9.17, 15) is 77.3 Å². The lowest BCUT2D eigenvalue weighted by Crippen LogP contribution is -2.61. The zero-order chi connectivity index (χ0) is 66.8. The number of carboxylic acid groups (broad SMARTS) is 2. The van der Waals surface area contributed by atoms with Gasteiger partial charge in [-0.25, -0.2) is 4.79 Å². The highest BCUT2D eigenvalue weighted by molar-refractivity contribution is 7.80. The van der Waals surface area contributed by atoms with Gasteiger partial charge in [-0.3, -0.25) is 62.3 Å². The minimum atomic E-state index is -1.91. The van der Waals surface area contributed by atoms with Gasteiger partial charge in [0.15, 0.2) is 0 Å². The Morgan fingerprint density at radius 2 is 0.852 bits per heavy atom. The molecule has 0 heterocycles. The minimum Gasteiger partial charge on any atom is -0.481 e. The second-order valence-electron chi connectivity index (χ2n) is 22.2. The van der Waals surface area contributed by atoms with Crippen LogP contribution in [0.3, 0.4) is 0 Å². The summed E-state index contributed by atoms with van der Waals surface area (Å²) < 4.78 is 0. The average Bonchev–Trinajstić information content (AvgIpc) is 3.66. The predicted molar refractivity (Wildman–Crippen MR) is 324 cm³/mol. The summed E-state index contributed by atoms with van der Waals surface area (Å²) >= 11 is 4.13. The molecule has 1 aromatic rings. The predicted octanol–water partition coefficient (Wildman–Crippen LogP) is -4.33. The molecule has 0 spiro atoms. The normalized spacial score (nSPS) is 14.9. The molecule has 0 saturated carbocycles. The molecular weight excluding hydrogens is 1170 g/mol. The number of thiol groups is 1. The van der Waals surface area contributed by atoms with Gasteiger partial charge in [0.2, 0.25) is 70.9 Å². The number of rotatable bonds is 44. The van der Waals surface area contributed by atoms with Crippen LogP contribution in [-0.4, -0.2) is 179 Å². The molecule has 0 radical (unpaired) electrons. The molecule has 0 unspecified atom stereocenters. The highest BCUT2D eigenvalue weighted by Crippen LogP contribution is 2.13. The van der Waals surface area contributed by atoms with Crippen LogP contribution in [0.2, 0.25) is 0 Å². The highest BCUT2D eigenvalue weighted by Gasteiger charge is 2.37. The summed E-state index contributed by atoms with van der Waals surface area (Å²) in [5, 5.41) is 43.6. The van der Waals surface area contributed by atoms with Gasteiger partial charge in [0.25, 0.3) is 0 Å². The molecule has 32 heteroatoms. The fourth-order valence-electron chi connectivity index (χ4n) is 8.60. The number of carboxylic acids is 2. The first-order chi connectivity index (χ1) is 41.4. The van der Waals surface area contributed by atoms with E-state index in [2.05, 4.69) is 65.8 Å². The Labute approximate surface area is 517 Å². The second kappa shape index (κ2) is 41.2. The summed E-state index contributed by atoms with van der Waals surface area (Å²) in [6.45, 7) is 10.1. The first-order valence-electron chi connectivity index (χ1n) is 29.2. The van der Waals surface area contributed by atoms with Crippen LogP contribution in [-0.2, 0) is 73.5 Å². The molecular formula is C56H93N15O16S. The van der Waals surface area contributed by atoms with E-state index in [0.29, 0.717) is 31.2 Å². The van der Waals surface area contributed by atoms with Gasteiger partial charge < -0.3 is 92.0 Å². The quantitative estimate of drug-likeness (QED) is 0.0217. The molecule has 0 aliphatic rings. The summed E-state index contributed by atoms with van der Waals surface area (Å²) in [6, 6.07) is -6.53. The number of unbranched alkanes of at least 4 members (excludes halogenated alkanes) is 2. The summed E-state index contributed by atoms with van der Waals surface area (Å²) in [5.74, 6) is -16.3. The van der Waals surface area contributed by atoms with Crippen LogP contribution in [0.4, 0.5) is 0 Å². The van der Waals surface area contributed by atoms with Crippen LogP contribution >= 0.6 is 12.6 Å². The van der Waals surface area contributed by atoms with E-state index in [1.54, 1.807) is 65.0 Å². The van der Waals surface area contributed by atoms with Crippen molar-refractivity contribution >= 4 is 95.5 Å². The molecule has 22 N–H and O–H groups in total. The van der Waals surface area contributed by atoms with Crippen LogP contribution in [0.15, 0.2) is 30.3 Å². The third kappa shape index (κ3) is 30.6. The molecule has 0 aromatic heterocycles. The highest BCUT2D eigenvalue weighted by atomic mass is 32.1. The molecule has 11 atom stereocenters. The van der Waals surface area contributed by atoms with Crippen LogP contribution in [0, 0.1) is 17.8 Å². The zero-order valence-corrected chi connectivity index (χ0v) is 51.8. The largest absolute Gasteiger partial charge is 0.481 e. The Morgan fingerprint density at radius 1 is 0.477 bits per heavy atom. The lowest BCUT2D eigenvalue weighted by molar-refractivity contribution is -0.142. The van der Waals surface area contributed by atoms with Gasteiger partial charge in [-0.15, -0.1) is 0 Å². The Bertz CT molecular complexity index is 2530. The summed E-state index contributed by atoms with van der Waals surface area (Å²) in [6.07, 6.45) is -1.16. The third-order valence-electron chi connectivity index (χ3n) is 13.6. The molecule has 0 bridgehead atoms. The van der Waals surface area contributed by atoms with Gasteiger partial charge in [-0.1, -0.05) is 78.3 Å². The van der Waals surface area contributed by atoms with Crippen LogP contribution in [0.5, 0.6) is 0 Å². The fourth-order valence-corrected chi connectivity index (χ4v) is 8.86. The lowest BCUT2D eigenvalue weighted by Gasteiger charge is -2.28. The number of nitrogens with two attached hydrogens (primary N) is 5. The smallest absolute Gasteiger partial charge is 0.326 e. The van der Waals surface area contributed by atoms with Crippen molar-refractivity contribution in [3.05, 3.63) is 35.9 Å². The van der Waals surface area contributed by atoms with Gasteiger partial charge in [0, 0.05) is 12.2 Å². The Balaban J connectivity index is 3.38. The van der Waals surface area contributed by atoms with Crippen molar-refractivity contribution in [2.45, 2.75) is 185 Å². The van der Waals surface area contributed by atoms with Crippen molar-refractivity contribution in [2.75, 3.05) is 25.4 Å². The maximum atomic E-state index is 14.2. The monoisotopic (exact) mass is 1260 g/mol. The first kappa shape index (κ1) is 78.0. The van der Waals surface area contributed by atoms with Gasteiger partial charge in [0.05, 0.1) is 31.8 Å². The Kier molecular flexibility index (Phi) is 36.6. The van der Waals surface area contributed by atoms with Crippen molar-refractivity contribution in [3.63, 3.8) is 0 Å². The van der Waals surface area contributed by atoms with Crippen LogP contribution in [0.25, 0.3) is 0 Å². The maximum Gasteiger partial charge on any atom is 0.326 e. The number of amides is 12. The van der Waals surface area contributed by atoms with Gasteiger partial charge >= 0.3 is 11.9 Å². The van der Waals surface area contributed by atoms with E-state index < -0.39 is 175 Å². The van der Waals surface area contributed by atoms with E-state index >= 15 is 0 Å². The number of nitrogens with one attached hydrogen (secondary N) is 10. The first-order valence-corrected chi connectivity index (χ1v) is 29.8. The molecule has 1 aromatic carbocycles. The Hall–Kier alpha value is -7.97. The molecule has 494 valence electrons. The summed E-state index contributed by atoms with van der Waals surface area (Å²) in [7, 11) is 0. The molecule has 0 aliphatic carbocycles. The van der Waals surface area contributed by atoms with Gasteiger partial charge in [-0.2, -0.15) is 12.6 Å². The number of aliphatic carboxylic acids is 2. The van der Waals surface area contributed by atoms with E-state index in [1.165, 1.54) is 0 Å². The number of hydrogen-bond donors (Lipinski definition) is 18. The summed E-state index contributed by atoms with van der Waals surface area (Å²) in [4.78, 5) is 185. The SMILES string of the molecule is CC[C@H](C)[C@H](N)C(=O)N[C@@H](CCCCN)C(=O)N[C@@H](CC(N)=O)C(=O)N[C@@H](CC(N)=O)C(=O)N[C@@H](CC(C)C)C(=O)N[C@@H](CCCCN)C(=O)N[C@@H](CC(=O)O)C(=O)N[C@@H](CS)C(=O)NCC(=O)N[C@@H](CC(C)C)C(=O)N[C@@H](Cc1ccccc1)C(=O)O. The topological polar surface area (TPSA) is 530 Å². The van der Waals surface area contributed by atoms with Crippen LogP contribution < -0.4 is 81.8 Å². The van der Waals surface area contributed by atoms with E-state index in [4.69, 9.17) is 28.7 Å². The van der Waals surface area contributed by atoms with Crippen molar-refractivity contribution in [2.24, 2.45) is 46.4 Å². The molecule has 31 nitrogen and oxygen atoms in total. The number of primary amides is 2. The zero-order valence-electron chi connectivity index (χ0n) is 50.9. The van der Waals surface area contributed by atoms with Crippen molar-refractivity contribution in [1.29, 1.82) is 0 Å². The second-order valence-corrected chi connectivity index (χ2v) is 22.6. The number of carbonyl (C=O) groups is 14. The summed E-state index contributed by atoms with van der Waals surface area (Å²) in [5.41, 5.74) is 29.0. The van der Waals surface area contributed by atoms with Crippen molar-refractivity contribution in [3.8, 4) is 0 Å². The fraction of sp³-hybridized carbons (Fsp3) is 0.643. The number of hydrogen-bond acceptors (Lipinski definition) is 18. The van der Waals surface area contributed by atoms with E-state index in [-0.39, 0.29) is 69.4 Å². The molecule has 0 aliphatic heterocycles. The number of carbonyl (C=O) groups excluding carboxylic acids is 12. The van der Waals surface area contributed by atoms with Gasteiger partial charge in [0.1, 0.15) is 54.4 Å². The standard InChI is InChI=1S/C56H93N15O16S/c1-7-31(6)46(61)55(85)65-34(18-12-14-20-58)49(79)67-37(24-42(59)72)53(83)68-38(25-43(60)73)52(82)66-36(22-30(4)5)51(81)64-33(17-11-13-19-57)48(78)69-39(26-45(75)76)54(84)71-41(28-88)47(77)62-27-44(74)63-35(21-29(2)3)50(80)70-40(56(86)87)23-32-15-9-8-10-16-32/h8-10,15-16,29-31,33-41,46,88H,7,11-14,17-28,57-58,61H2,1-6H3,(H2,59,72)(H2,60,73)(H,62,77)(H,63,74)(H,64,81)(H,65,85)(H,66,82)(H,67,79)(H,68,83)(H,69,78)(H,70,80)(H,71,84)(H,75,76)(H,86,87)/t31-,33-,34-,35-,36-,37-,38-,39-,40-,41-,46-/m0/s1.